The summed E-state index contributed by atoms with van der Waals surface area (Å²) in [4.78, 5) is 0. The maximum atomic E-state index is 2.29. The van der Waals surface area contributed by atoms with Crippen LogP contribution < -0.4 is 12.4 Å². The van der Waals surface area contributed by atoms with E-state index >= 15 is 0 Å². The van der Waals surface area contributed by atoms with E-state index in [2.05, 4.69) is 28.1 Å². The molecule has 0 fully saturated rings. The van der Waals surface area contributed by atoms with E-state index in [1.807, 2.05) is 0 Å². The second-order valence-electron chi connectivity index (χ2n) is 7.61. The van der Waals surface area contributed by atoms with Gasteiger partial charge in [0.05, 0.1) is 27.7 Å². The Labute approximate surface area is 161 Å². The average molecular weight is 426 g/mol. The molecule has 0 N–H and O–H groups in total. The third-order valence-corrected chi connectivity index (χ3v) is 4.18. The first-order chi connectivity index (χ1) is 9.56. The van der Waals surface area contributed by atoms with Crippen LogP contribution in [0.1, 0.15) is 96.8 Å². The van der Waals surface area contributed by atoms with E-state index in [1.54, 1.807) is 0 Å². The zero-order chi connectivity index (χ0) is 15.1. The van der Waals surface area contributed by atoms with Gasteiger partial charge in [-0.1, -0.05) is 84.0 Å². The summed E-state index contributed by atoms with van der Waals surface area (Å²) in [6, 6.07) is 0. The van der Waals surface area contributed by atoms with Gasteiger partial charge in [0.25, 0.3) is 0 Å². The molecule has 0 aromatic heterocycles. The molecular weight excluding hydrogens is 384 g/mol. The summed E-state index contributed by atoms with van der Waals surface area (Å²) >= 11 is 0. The molecule has 0 saturated heterocycles. The van der Waals surface area contributed by atoms with E-state index < -0.39 is 0 Å². The van der Waals surface area contributed by atoms with Crippen LogP contribution in [0.25, 0.3) is 0 Å². The van der Waals surface area contributed by atoms with Gasteiger partial charge >= 0.3 is 0 Å². The fraction of sp³-hybridized carbons (Fsp3) is 1.00. The molecule has 140 valence electrons. The maximum absolute atomic E-state index is 2.29. The van der Waals surface area contributed by atoms with Crippen molar-refractivity contribution in [2.24, 2.45) is 0 Å². The third-order valence-electron chi connectivity index (χ3n) is 4.18. The Kier molecular flexibility index (Phi) is 25.2. The van der Waals surface area contributed by atoms with Crippen LogP contribution in [0.2, 0.25) is 0 Å². The van der Waals surface area contributed by atoms with Crippen LogP contribution >= 0.6 is 0 Å². The first-order valence-electron chi connectivity index (χ1n) is 9.36. The number of halogens is 1. The third kappa shape index (κ3) is 25.8. The van der Waals surface area contributed by atoms with E-state index in [9.17, 15) is 0 Å². The molecule has 1 nitrogen and oxygen atoms in total. The SMILES string of the molecule is CCCCCCCCCCCCCCCC[N+](C)(C)C.[Cl-].[Pd]. The predicted molar refractivity (Wildman–Crippen MR) is 93.2 cm³/mol. The summed E-state index contributed by atoms with van der Waals surface area (Å²) in [5, 5.41) is 0. The molecule has 0 spiro atoms. The van der Waals surface area contributed by atoms with Crippen LogP contribution in [-0.2, 0) is 20.4 Å². The number of hydrogen-bond donors (Lipinski definition) is 0. The van der Waals surface area contributed by atoms with Gasteiger partial charge in [0.15, 0.2) is 0 Å². The fourth-order valence-corrected chi connectivity index (χ4v) is 2.78. The topological polar surface area (TPSA) is 0 Å². The molecule has 0 aromatic carbocycles. The van der Waals surface area contributed by atoms with Crippen molar-refractivity contribution in [1.29, 1.82) is 0 Å². The molecule has 0 aliphatic heterocycles. The number of unbranched alkanes of at least 4 members (excludes halogenated alkanes) is 13. The molecule has 0 aliphatic carbocycles. The Morgan fingerprint density at radius 2 is 0.773 bits per heavy atom. The Hall–Kier alpha value is 0.912. The van der Waals surface area contributed by atoms with Crippen LogP contribution in [0.4, 0.5) is 0 Å². The molecule has 0 saturated carbocycles. The molecule has 0 amide bonds. The fourth-order valence-electron chi connectivity index (χ4n) is 2.78. The number of quaternary nitrogens is 1. The van der Waals surface area contributed by atoms with E-state index in [0.29, 0.717) is 0 Å². The summed E-state index contributed by atoms with van der Waals surface area (Å²) in [6.07, 6.45) is 20.4. The molecule has 0 unspecified atom stereocenters. The molecule has 22 heavy (non-hydrogen) atoms. The number of rotatable bonds is 15. The van der Waals surface area contributed by atoms with Gasteiger partial charge in [0.2, 0.25) is 0 Å². The van der Waals surface area contributed by atoms with Gasteiger partial charge in [-0.05, 0) is 12.8 Å². The van der Waals surface area contributed by atoms with Gasteiger partial charge in [-0.2, -0.15) is 0 Å². The Morgan fingerprint density at radius 3 is 1.05 bits per heavy atom. The van der Waals surface area contributed by atoms with Gasteiger partial charge in [-0.25, -0.2) is 0 Å². The first kappa shape index (κ1) is 27.7. The number of nitrogens with zero attached hydrogens (tertiary/aromatic N) is 1. The van der Waals surface area contributed by atoms with Crippen molar-refractivity contribution < 1.29 is 37.3 Å². The van der Waals surface area contributed by atoms with E-state index in [1.165, 1.54) is 96.4 Å². The smallest absolute Gasteiger partial charge is 0.0780 e. The van der Waals surface area contributed by atoms with Crippen molar-refractivity contribution in [3.05, 3.63) is 0 Å². The molecule has 0 aliphatic rings. The Bertz CT molecular complexity index is 192. The van der Waals surface area contributed by atoms with Crippen molar-refractivity contribution in [2.75, 3.05) is 27.7 Å². The van der Waals surface area contributed by atoms with E-state index in [0.717, 1.165) is 4.48 Å². The molecule has 0 heterocycles. The van der Waals surface area contributed by atoms with Crippen LogP contribution in [0.5, 0.6) is 0 Å². The molecule has 3 heteroatoms. The monoisotopic (exact) mass is 425 g/mol. The molecule has 0 bridgehead atoms. The van der Waals surface area contributed by atoms with Gasteiger partial charge in [0, 0.05) is 20.4 Å². The van der Waals surface area contributed by atoms with Crippen molar-refractivity contribution in [3.8, 4) is 0 Å². The van der Waals surface area contributed by atoms with E-state index in [-0.39, 0.29) is 32.8 Å². The van der Waals surface area contributed by atoms with Crippen molar-refractivity contribution in [3.63, 3.8) is 0 Å². The largest absolute Gasteiger partial charge is 1.00 e. The van der Waals surface area contributed by atoms with Crippen LogP contribution in [0, 0.1) is 0 Å². The molecule has 0 atom stereocenters. The van der Waals surface area contributed by atoms with Crippen molar-refractivity contribution in [2.45, 2.75) is 96.8 Å². The van der Waals surface area contributed by atoms with Crippen LogP contribution in [-0.4, -0.2) is 32.2 Å². The minimum atomic E-state index is 0. The molecule has 0 radical (unpaired) electrons. The summed E-state index contributed by atoms with van der Waals surface area (Å²) in [6.45, 7) is 3.63. The minimum Gasteiger partial charge on any atom is -1.00 e. The van der Waals surface area contributed by atoms with Gasteiger partial charge in [-0.3, -0.25) is 0 Å². The van der Waals surface area contributed by atoms with Gasteiger partial charge < -0.3 is 16.9 Å². The van der Waals surface area contributed by atoms with Crippen LogP contribution in [0.15, 0.2) is 0 Å². The normalized spacial score (nSPS) is 10.9. The maximum Gasteiger partial charge on any atom is 0.0780 e. The molecule has 0 aromatic rings. The molecular formula is C19H42ClNPd. The van der Waals surface area contributed by atoms with Crippen molar-refractivity contribution in [1.82, 2.24) is 0 Å². The number of hydrogen-bond acceptors (Lipinski definition) is 0. The van der Waals surface area contributed by atoms with Crippen LogP contribution in [0.3, 0.4) is 0 Å². The van der Waals surface area contributed by atoms with E-state index in [4.69, 9.17) is 0 Å². The Balaban J connectivity index is -0.00000180. The summed E-state index contributed by atoms with van der Waals surface area (Å²) in [5.74, 6) is 0. The predicted octanol–water partition coefficient (Wildman–Crippen LogP) is 3.18. The summed E-state index contributed by atoms with van der Waals surface area (Å²) < 4.78 is 1.12. The average Bonchev–Trinajstić information content (AvgIpc) is 2.38. The zero-order valence-corrected chi connectivity index (χ0v) is 18.1. The Morgan fingerprint density at radius 1 is 0.500 bits per heavy atom. The standard InChI is InChI=1S/C19H42N.ClH.Pd/c1-5-6-7-8-9-10-11-12-13-14-15-16-17-18-19-20(2,3)4;;/h5-19H2,1-4H3;1H;/q+1;;/p-1. The van der Waals surface area contributed by atoms with Gasteiger partial charge in [-0.15, -0.1) is 0 Å². The van der Waals surface area contributed by atoms with Crippen molar-refractivity contribution >= 4 is 0 Å². The quantitative estimate of drug-likeness (QED) is 0.214. The van der Waals surface area contributed by atoms with Gasteiger partial charge in [0.1, 0.15) is 0 Å². The summed E-state index contributed by atoms with van der Waals surface area (Å²) in [5.41, 5.74) is 0. The summed E-state index contributed by atoms with van der Waals surface area (Å²) in [7, 11) is 6.88. The zero-order valence-electron chi connectivity index (χ0n) is 15.7. The molecule has 0 rings (SSSR count). The first-order valence-corrected chi connectivity index (χ1v) is 9.36. The minimum absolute atomic E-state index is 0. The second kappa shape index (κ2) is 20.0. The second-order valence-corrected chi connectivity index (χ2v) is 7.61.